The zero-order chi connectivity index (χ0) is 25.2. The average Bonchev–Trinajstić information content (AvgIpc) is 2.76. The first-order valence-electron chi connectivity index (χ1n) is 10.1. The molecule has 13 heteroatoms. The molecule has 1 aliphatic rings. The minimum atomic E-state index is -3.73. The predicted octanol–water partition coefficient (Wildman–Crippen LogP) is 3.72. The van der Waals surface area contributed by atoms with Crippen LogP contribution in [0.2, 0.25) is 10.0 Å². The number of hydrogen-bond donors (Lipinski definition) is 1. The van der Waals surface area contributed by atoms with Crippen LogP contribution in [0.3, 0.4) is 0 Å². The number of sulfonamides is 1. The third kappa shape index (κ3) is 6.12. The van der Waals surface area contributed by atoms with Gasteiger partial charge in [-0.3, -0.25) is 4.79 Å². The van der Waals surface area contributed by atoms with Crippen LogP contribution in [0, 0.1) is 0 Å². The summed E-state index contributed by atoms with van der Waals surface area (Å²) in [6.07, 6.45) is 3.63. The molecule has 1 fully saturated rings. The van der Waals surface area contributed by atoms with Crippen molar-refractivity contribution in [2.45, 2.75) is 6.10 Å². The monoisotopic (exact) mass is 539 g/mol. The third-order valence-electron chi connectivity index (χ3n) is 4.73. The van der Waals surface area contributed by atoms with Crippen LogP contribution in [-0.2, 0) is 14.8 Å². The Balaban J connectivity index is 1.63. The molecule has 1 amide bonds. The molecule has 0 radical (unpaired) electrons. The molecule has 0 bridgehead atoms. The highest BCUT2D eigenvalue weighted by Gasteiger charge is 2.23. The fourth-order valence-corrected chi connectivity index (χ4v) is 3.95. The molecule has 0 spiro atoms. The molecule has 0 saturated carbocycles. The van der Waals surface area contributed by atoms with Gasteiger partial charge in [0, 0.05) is 29.0 Å². The molecular weight excluding hydrogens is 521 g/mol. The van der Waals surface area contributed by atoms with Gasteiger partial charge in [0.1, 0.15) is 27.6 Å². The average molecular weight is 540 g/mol. The van der Waals surface area contributed by atoms with Gasteiger partial charge in [0.25, 0.3) is 5.91 Å². The van der Waals surface area contributed by atoms with Crippen molar-refractivity contribution < 1.29 is 32.2 Å². The molecule has 3 aromatic rings. The Morgan fingerprint density at radius 3 is 2.40 bits per heavy atom. The highest BCUT2D eigenvalue weighted by atomic mass is 35.5. The number of carbonyl (C=O) groups excluding carboxylic acids is 1. The highest BCUT2D eigenvalue weighted by molar-refractivity contribution is 7.89. The summed E-state index contributed by atoms with van der Waals surface area (Å²) in [5, 5.41) is 0.464. The quantitative estimate of drug-likeness (QED) is 0.455. The number of nitrogens with zero attached hydrogens (tertiary/aromatic N) is 2. The van der Waals surface area contributed by atoms with Gasteiger partial charge in [0.2, 0.25) is 21.8 Å². The number of ether oxygens (including phenoxy) is 4. The first-order valence-corrected chi connectivity index (χ1v) is 12.7. The minimum absolute atomic E-state index is 0.109. The van der Waals surface area contributed by atoms with Crippen LogP contribution in [0.1, 0.15) is 10.4 Å². The lowest BCUT2D eigenvalue weighted by atomic mass is 10.0. The summed E-state index contributed by atoms with van der Waals surface area (Å²) < 4.78 is 46.7. The van der Waals surface area contributed by atoms with Crippen LogP contribution in [-0.4, -0.2) is 57.0 Å². The number of pyridine rings is 2. The molecule has 1 aromatic carbocycles. The van der Waals surface area contributed by atoms with E-state index >= 15 is 0 Å². The van der Waals surface area contributed by atoms with Crippen LogP contribution in [0.25, 0.3) is 11.1 Å². The highest BCUT2D eigenvalue weighted by Crippen LogP contribution is 2.37. The second kappa shape index (κ2) is 10.2. The molecule has 1 aliphatic heterocycles. The van der Waals surface area contributed by atoms with Crippen molar-refractivity contribution in [3.8, 4) is 34.4 Å². The number of amides is 1. The number of halogens is 2. The Bertz CT molecular complexity index is 1380. The normalized spacial score (nSPS) is 13.6. The van der Waals surface area contributed by atoms with Gasteiger partial charge in [-0.1, -0.05) is 23.2 Å². The van der Waals surface area contributed by atoms with Crippen molar-refractivity contribution in [3.05, 3.63) is 58.3 Å². The lowest BCUT2D eigenvalue weighted by molar-refractivity contribution is -0.0794. The fourth-order valence-electron chi connectivity index (χ4n) is 3.06. The lowest BCUT2D eigenvalue weighted by Crippen LogP contribution is -2.38. The van der Waals surface area contributed by atoms with Crippen molar-refractivity contribution in [3.63, 3.8) is 0 Å². The van der Waals surface area contributed by atoms with Crippen molar-refractivity contribution >= 4 is 39.1 Å². The van der Waals surface area contributed by atoms with E-state index in [1.807, 2.05) is 4.72 Å². The van der Waals surface area contributed by atoms with Crippen molar-refractivity contribution in [1.82, 2.24) is 14.7 Å². The summed E-state index contributed by atoms with van der Waals surface area (Å²) in [4.78, 5) is 20.6. The maximum absolute atomic E-state index is 12.3. The van der Waals surface area contributed by atoms with E-state index in [2.05, 4.69) is 9.97 Å². The molecule has 0 aliphatic carbocycles. The van der Waals surface area contributed by atoms with Gasteiger partial charge in [-0.25, -0.2) is 23.1 Å². The van der Waals surface area contributed by atoms with E-state index < -0.39 is 15.9 Å². The van der Waals surface area contributed by atoms with Gasteiger partial charge < -0.3 is 18.9 Å². The third-order valence-corrected chi connectivity index (χ3v) is 5.83. The van der Waals surface area contributed by atoms with Crippen molar-refractivity contribution in [2.75, 3.05) is 26.6 Å². The van der Waals surface area contributed by atoms with E-state index in [4.69, 9.17) is 42.1 Å². The second-order valence-electron chi connectivity index (χ2n) is 7.47. The number of carbonyl (C=O) groups is 1. The molecule has 0 atom stereocenters. The van der Waals surface area contributed by atoms with E-state index in [9.17, 15) is 13.2 Å². The lowest BCUT2D eigenvalue weighted by Gasteiger charge is -2.28. The topological polar surface area (TPSA) is 126 Å². The molecule has 35 heavy (non-hydrogen) atoms. The second-order valence-corrected chi connectivity index (χ2v) is 10.0. The van der Waals surface area contributed by atoms with Crippen LogP contribution >= 0.6 is 23.2 Å². The molecule has 1 saturated heterocycles. The summed E-state index contributed by atoms with van der Waals surface area (Å²) >= 11 is 12.5. The smallest absolute Gasteiger partial charge is 0.264 e. The van der Waals surface area contributed by atoms with Crippen molar-refractivity contribution in [1.29, 1.82) is 0 Å². The summed E-state index contributed by atoms with van der Waals surface area (Å²) in [6.45, 7) is 0.785. The molecule has 184 valence electrons. The number of benzene rings is 1. The van der Waals surface area contributed by atoms with Crippen molar-refractivity contribution in [2.24, 2.45) is 0 Å². The Hall–Kier alpha value is -3.12. The molecule has 0 unspecified atom stereocenters. The molecule has 1 N–H and O–H groups in total. The number of aromatic nitrogens is 2. The Labute approximate surface area is 211 Å². The van der Waals surface area contributed by atoms with E-state index in [0.717, 1.165) is 6.26 Å². The zero-order valence-corrected chi connectivity index (χ0v) is 20.8. The van der Waals surface area contributed by atoms with Crippen LogP contribution < -0.4 is 18.9 Å². The minimum Gasteiger partial charge on any atom is -0.485 e. The van der Waals surface area contributed by atoms with E-state index in [-0.39, 0.29) is 33.5 Å². The van der Waals surface area contributed by atoms with E-state index in [1.54, 1.807) is 12.1 Å². The Kier molecular flexibility index (Phi) is 7.31. The van der Waals surface area contributed by atoms with Crippen LogP contribution in [0.15, 0.2) is 42.7 Å². The number of rotatable bonds is 8. The standard InChI is InChI=1S/C22H19Cl2N3O7S/c1-31-21-18(24)7-14(9-26-21)34-22-17(23)5-13(8-25-22)16-4-3-12(20(28)27-35(2,29)30)6-19(16)33-15-10-32-11-15/h3-9,15H,10-11H2,1-2H3,(H,27,28). The summed E-state index contributed by atoms with van der Waals surface area (Å²) in [5.41, 5.74) is 1.28. The fraction of sp³-hybridized carbons (Fsp3) is 0.227. The number of methoxy groups -OCH3 is 1. The van der Waals surface area contributed by atoms with E-state index in [1.165, 1.54) is 37.7 Å². The molecular formula is C22H19Cl2N3O7S. The zero-order valence-electron chi connectivity index (χ0n) is 18.4. The van der Waals surface area contributed by atoms with E-state index in [0.29, 0.717) is 35.8 Å². The van der Waals surface area contributed by atoms with Gasteiger partial charge in [-0.15, -0.1) is 0 Å². The first-order chi connectivity index (χ1) is 16.6. The largest absolute Gasteiger partial charge is 0.485 e. The van der Waals surface area contributed by atoms with Gasteiger partial charge >= 0.3 is 0 Å². The van der Waals surface area contributed by atoms with Gasteiger partial charge in [0.05, 0.1) is 32.8 Å². The maximum atomic E-state index is 12.3. The predicted molar refractivity (Wildman–Crippen MR) is 128 cm³/mol. The summed E-state index contributed by atoms with van der Waals surface area (Å²) in [5.74, 6) is 0.259. The van der Waals surface area contributed by atoms with Crippen LogP contribution in [0.4, 0.5) is 0 Å². The number of hydrogen-bond acceptors (Lipinski definition) is 9. The summed E-state index contributed by atoms with van der Waals surface area (Å²) in [7, 11) is -2.28. The summed E-state index contributed by atoms with van der Waals surface area (Å²) in [6, 6.07) is 7.69. The Morgan fingerprint density at radius 2 is 1.80 bits per heavy atom. The van der Waals surface area contributed by atoms with Gasteiger partial charge in [-0.05, 0) is 24.3 Å². The van der Waals surface area contributed by atoms with Gasteiger partial charge in [-0.2, -0.15) is 0 Å². The first kappa shape index (κ1) is 25.0. The molecule has 4 rings (SSSR count). The molecule has 10 nitrogen and oxygen atoms in total. The van der Waals surface area contributed by atoms with Gasteiger partial charge in [0.15, 0.2) is 0 Å². The molecule has 3 heterocycles. The number of nitrogens with one attached hydrogen (secondary N) is 1. The Morgan fingerprint density at radius 1 is 1.09 bits per heavy atom. The maximum Gasteiger partial charge on any atom is 0.264 e. The SMILES string of the molecule is COc1ncc(Oc2ncc(-c3ccc(C(=O)NS(C)(=O)=O)cc3OC3COC3)cc2Cl)cc1Cl. The molecule has 2 aromatic heterocycles. The van der Waals surface area contributed by atoms with Crippen LogP contribution in [0.5, 0.6) is 23.3 Å².